The monoisotopic (exact) mass is 320 g/mol. The number of aryl methyl sites for hydroxylation is 1. The maximum absolute atomic E-state index is 12.0. The fourth-order valence-electron chi connectivity index (χ4n) is 2.26. The van der Waals surface area contributed by atoms with Gasteiger partial charge in [0, 0.05) is 25.6 Å². The third kappa shape index (κ3) is 5.47. The molecular weight excluding hydrogens is 302 g/mol. The molecule has 0 saturated carbocycles. The highest BCUT2D eigenvalue weighted by Crippen LogP contribution is 2.16. The molecule has 7 heteroatoms. The summed E-state index contributed by atoms with van der Waals surface area (Å²) in [5.41, 5.74) is 6.68. The van der Waals surface area contributed by atoms with Gasteiger partial charge in [-0.2, -0.15) is 8.78 Å². The van der Waals surface area contributed by atoms with Crippen LogP contribution in [0.3, 0.4) is 0 Å². The summed E-state index contributed by atoms with van der Waals surface area (Å²) in [7, 11) is 0. The van der Waals surface area contributed by atoms with Gasteiger partial charge in [-0.25, -0.2) is 0 Å². The van der Waals surface area contributed by atoms with E-state index in [2.05, 4.69) is 4.74 Å². The van der Waals surface area contributed by atoms with Crippen LogP contribution in [0.5, 0.6) is 5.75 Å². The van der Waals surface area contributed by atoms with Crippen molar-refractivity contribution in [1.29, 1.82) is 0 Å². The molecule has 1 aliphatic heterocycles. The molecule has 1 amide bonds. The lowest BCUT2D eigenvalue weighted by atomic mass is 10.1. The lowest BCUT2D eigenvalue weighted by molar-refractivity contribution is -0.130. The van der Waals surface area contributed by atoms with Crippen LogP contribution >= 0.6 is 12.4 Å². The van der Waals surface area contributed by atoms with E-state index in [1.54, 1.807) is 17.0 Å². The normalized spacial score (nSPS) is 17.7. The van der Waals surface area contributed by atoms with E-state index in [9.17, 15) is 13.6 Å². The molecule has 1 heterocycles. The maximum atomic E-state index is 12.0. The number of carbonyl (C=O) groups excluding carboxylic acids is 1. The summed E-state index contributed by atoms with van der Waals surface area (Å²) in [5.74, 6) is 0.214. The lowest BCUT2D eigenvalue weighted by Crippen LogP contribution is -2.31. The Morgan fingerprint density at radius 2 is 2.05 bits per heavy atom. The minimum atomic E-state index is -2.82. The number of halogens is 3. The quantitative estimate of drug-likeness (QED) is 0.905. The molecule has 0 spiro atoms. The van der Waals surface area contributed by atoms with E-state index in [-0.39, 0.29) is 30.1 Å². The van der Waals surface area contributed by atoms with E-state index in [1.807, 2.05) is 0 Å². The first kappa shape index (κ1) is 17.7. The van der Waals surface area contributed by atoms with Crippen LogP contribution in [0.4, 0.5) is 8.78 Å². The molecule has 118 valence electrons. The predicted octanol–water partition coefficient (Wildman–Crippen LogP) is 2.20. The first-order valence-corrected chi connectivity index (χ1v) is 6.61. The Labute approximate surface area is 128 Å². The molecule has 0 unspecified atom stereocenters. The predicted molar refractivity (Wildman–Crippen MR) is 77.8 cm³/mol. The SMILES string of the molecule is Cl.N[C@@H]1CCN(C(=O)CCc2ccc(OC(F)F)cc2)C1. The summed E-state index contributed by atoms with van der Waals surface area (Å²) in [5, 5.41) is 0. The van der Waals surface area contributed by atoms with E-state index >= 15 is 0 Å². The Morgan fingerprint density at radius 1 is 1.38 bits per heavy atom. The van der Waals surface area contributed by atoms with E-state index in [0.29, 0.717) is 19.4 Å². The van der Waals surface area contributed by atoms with E-state index in [0.717, 1.165) is 18.5 Å². The molecule has 0 bridgehead atoms. The molecule has 1 atom stereocenters. The van der Waals surface area contributed by atoms with Crippen molar-refractivity contribution in [3.05, 3.63) is 29.8 Å². The lowest BCUT2D eigenvalue weighted by Gasteiger charge is -2.15. The molecule has 1 fully saturated rings. The third-order valence-electron chi connectivity index (χ3n) is 3.35. The average Bonchev–Trinajstić information content (AvgIpc) is 2.84. The zero-order chi connectivity index (χ0) is 14.5. The van der Waals surface area contributed by atoms with Gasteiger partial charge in [0.15, 0.2) is 0 Å². The minimum Gasteiger partial charge on any atom is -0.435 e. The van der Waals surface area contributed by atoms with Crippen molar-refractivity contribution in [1.82, 2.24) is 4.90 Å². The number of ether oxygens (including phenoxy) is 1. The second-order valence-corrected chi connectivity index (χ2v) is 4.91. The Balaban J connectivity index is 0.00000220. The fraction of sp³-hybridized carbons (Fsp3) is 0.500. The standard InChI is InChI=1S/C14H18F2N2O2.ClH/c15-14(16)20-12-4-1-10(2-5-12)3-6-13(19)18-8-7-11(17)9-18;/h1-2,4-5,11,14H,3,6-9,17H2;1H/t11-;/m1./s1. The number of likely N-dealkylation sites (tertiary alicyclic amines) is 1. The molecule has 0 aliphatic carbocycles. The maximum Gasteiger partial charge on any atom is 0.387 e. The highest BCUT2D eigenvalue weighted by Gasteiger charge is 2.22. The van der Waals surface area contributed by atoms with Crippen molar-refractivity contribution < 1.29 is 18.3 Å². The van der Waals surface area contributed by atoms with Gasteiger partial charge in [0.25, 0.3) is 0 Å². The summed E-state index contributed by atoms with van der Waals surface area (Å²) < 4.78 is 28.3. The highest BCUT2D eigenvalue weighted by atomic mass is 35.5. The Kier molecular flexibility index (Phi) is 6.84. The zero-order valence-electron chi connectivity index (χ0n) is 11.5. The zero-order valence-corrected chi connectivity index (χ0v) is 12.3. The molecule has 21 heavy (non-hydrogen) atoms. The van der Waals surface area contributed by atoms with Crippen molar-refractivity contribution >= 4 is 18.3 Å². The van der Waals surface area contributed by atoms with Gasteiger partial charge in [-0.1, -0.05) is 12.1 Å². The van der Waals surface area contributed by atoms with Gasteiger partial charge in [-0.15, -0.1) is 12.4 Å². The molecular formula is C14H19ClF2N2O2. The number of hydrogen-bond donors (Lipinski definition) is 1. The summed E-state index contributed by atoms with van der Waals surface area (Å²) in [6.45, 7) is -1.47. The molecule has 0 radical (unpaired) electrons. The number of carbonyl (C=O) groups is 1. The van der Waals surface area contributed by atoms with Crippen LogP contribution in [0.1, 0.15) is 18.4 Å². The molecule has 0 aromatic heterocycles. The van der Waals surface area contributed by atoms with Gasteiger partial charge >= 0.3 is 6.61 Å². The van der Waals surface area contributed by atoms with E-state index in [1.165, 1.54) is 12.1 Å². The number of amides is 1. The first-order valence-electron chi connectivity index (χ1n) is 6.61. The minimum absolute atomic E-state index is 0. The van der Waals surface area contributed by atoms with Crippen molar-refractivity contribution in [2.24, 2.45) is 5.73 Å². The smallest absolute Gasteiger partial charge is 0.387 e. The van der Waals surface area contributed by atoms with Gasteiger partial charge in [0.2, 0.25) is 5.91 Å². The second-order valence-electron chi connectivity index (χ2n) is 4.91. The van der Waals surface area contributed by atoms with Crippen LogP contribution in [0.25, 0.3) is 0 Å². The Bertz CT molecular complexity index is 457. The van der Waals surface area contributed by atoms with Crippen molar-refractivity contribution in [3.63, 3.8) is 0 Å². The summed E-state index contributed by atoms with van der Waals surface area (Å²) in [6, 6.07) is 6.45. The van der Waals surface area contributed by atoms with Crippen molar-refractivity contribution in [2.75, 3.05) is 13.1 Å². The first-order chi connectivity index (χ1) is 9.54. The van der Waals surface area contributed by atoms with Gasteiger partial charge in [0.1, 0.15) is 5.75 Å². The third-order valence-corrected chi connectivity index (χ3v) is 3.35. The van der Waals surface area contributed by atoms with Gasteiger partial charge in [-0.05, 0) is 30.5 Å². The number of hydrogen-bond acceptors (Lipinski definition) is 3. The molecule has 2 rings (SSSR count). The summed E-state index contributed by atoms with van der Waals surface area (Å²) >= 11 is 0. The Hall–Kier alpha value is -1.40. The highest BCUT2D eigenvalue weighted by molar-refractivity contribution is 5.85. The van der Waals surface area contributed by atoms with E-state index < -0.39 is 6.61 Å². The molecule has 1 aromatic rings. The van der Waals surface area contributed by atoms with Crippen LogP contribution in [0, 0.1) is 0 Å². The van der Waals surface area contributed by atoms with Crippen LogP contribution in [0.15, 0.2) is 24.3 Å². The van der Waals surface area contributed by atoms with Crippen LogP contribution in [-0.4, -0.2) is 36.5 Å². The number of alkyl halides is 2. The van der Waals surface area contributed by atoms with Gasteiger partial charge in [-0.3, -0.25) is 4.79 Å². The fourth-order valence-corrected chi connectivity index (χ4v) is 2.26. The number of rotatable bonds is 5. The summed E-state index contributed by atoms with van der Waals surface area (Å²) in [6.07, 6.45) is 1.84. The van der Waals surface area contributed by atoms with Crippen molar-refractivity contribution in [3.8, 4) is 5.75 Å². The number of benzene rings is 1. The molecule has 1 aliphatic rings. The number of nitrogens with two attached hydrogens (primary N) is 1. The topological polar surface area (TPSA) is 55.6 Å². The van der Waals surface area contributed by atoms with Crippen LogP contribution in [0.2, 0.25) is 0 Å². The molecule has 1 saturated heterocycles. The molecule has 1 aromatic carbocycles. The van der Waals surface area contributed by atoms with Gasteiger partial charge < -0.3 is 15.4 Å². The van der Waals surface area contributed by atoms with E-state index in [4.69, 9.17) is 5.73 Å². The molecule has 2 N–H and O–H groups in total. The molecule has 4 nitrogen and oxygen atoms in total. The average molecular weight is 321 g/mol. The summed E-state index contributed by atoms with van der Waals surface area (Å²) in [4.78, 5) is 13.7. The van der Waals surface area contributed by atoms with Crippen LogP contribution < -0.4 is 10.5 Å². The number of nitrogens with zero attached hydrogens (tertiary/aromatic N) is 1. The largest absolute Gasteiger partial charge is 0.435 e. The second kappa shape index (κ2) is 8.14. The van der Waals surface area contributed by atoms with Crippen LogP contribution in [-0.2, 0) is 11.2 Å². The van der Waals surface area contributed by atoms with Crippen molar-refractivity contribution in [2.45, 2.75) is 31.9 Å². The van der Waals surface area contributed by atoms with Gasteiger partial charge in [0.05, 0.1) is 0 Å². The Morgan fingerprint density at radius 3 is 2.57 bits per heavy atom.